The average Bonchev–Trinajstić information content (AvgIpc) is 2.34. The summed E-state index contributed by atoms with van der Waals surface area (Å²) in [6, 6.07) is 5.53. The van der Waals surface area contributed by atoms with E-state index in [2.05, 4.69) is 5.32 Å². The molecule has 0 fully saturated rings. The zero-order valence-corrected chi connectivity index (χ0v) is 11.8. The van der Waals surface area contributed by atoms with Crippen LogP contribution in [0.2, 0.25) is 0 Å². The average molecular weight is 285 g/mol. The van der Waals surface area contributed by atoms with E-state index in [-0.39, 0.29) is 23.3 Å². The van der Waals surface area contributed by atoms with Gasteiger partial charge in [0.1, 0.15) is 0 Å². The maximum Gasteiger partial charge on any atom is 0.238 e. The van der Waals surface area contributed by atoms with Crippen molar-refractivity contribution in [2.24, 2.45) is 16.8 Å². The molecule has 0 aromatic heterocycles. The number of hydrogen-bond donors (Lipinski definition) is 3. The second kappa shape index (κ2) is 6.14. The van der Waals surface area contributed by atoms with Crippen molar-refractivity contribution in [1.29, 1.82) is 0 Å². The maximum absolute atomic E-state index is 11.7. The Kier molecular flexibility index (Phi) is 5.04. The smallest absolute Gasteiger partial charge is 0.238 e. The summed E-state index contributed by atoms with van der Waals surface area (Å²) in [6.45, 7) is 3.92. The van der Waals surface area contributed by atoms with Gasteiger partial charge in [-0.3, -0.25) is 4.79 Å². The van der Waals surface area contributed by atoms with Crippen LogP contribution < -0.4 is 16.2 Å². The number of primary sulfonamides is 1. The van der Waals surface area contributed by atoms with Crippen LogP contribution in [0.3, 0.4) is 0 Å². The summed E-state index contributed by atoms with van der Waals surface area (Å²) >= 11 is 0. The predicted octanol–water partition coefficient (Wildman–Crippen LogP) is -0.0665. The Labute approximate surface area is 113 Å². The van der Waals surface area contributed by atoms with Crippen LogP contribution in [0.1, 0.15) is 19.4 Å². The molecule has 7 heteroatoms. The van der Waals surface area contributed by atoms with Gasteiger partial charge in [-0.2, -0.15) is 0 Å². The monoisotopic (exact) mass is 285 g/mol. The summed E-state index contributed by atoms with van der Waals surface area (Å²) in [5.74, 6) is -0.230. The summed E-state index contributed by atoms with van der Waals surface area (Å²) in [6.07, 6.45) is 0. The molecule has 1 aromatic carbocycles. The highest BCUT2D eigenvalue weighted by Gasteiger charge is 2.16. The van der Waals surface area contributed by atoms with E-state index in [1.54, 1.807) is 12.1 Å². The number of nitrogens with one attached hydrogen (secondary N) is 1. The van der Waals surface area contributed by atoms with Crippen LogP contribution in [-0.2, 0) is 21.4 Å². The molecule has 5 N–H and O–H groups in total. The minimum absolute atomic E-state index is 0.0207. The SMILES string of the molecule is CC(C)C(N)C(=O)NCc1cccc(S(N)(=O)=O)c1. The number of carbonyl (C=O) groups is 1. The van der Waals surface area contributed by atoms with E-state index in [0.29, 0.717) is 5.56 Å². The second-order valence-corrected chi connectivity index (χ2v) is 6.24. The molecule has 0 saturated heterocycles. The van der Waals surface area contributed by atoms with E-state index in [9.17, 15) is 13.2 Å². The van der Waals surface area contributed by atoms with Crippen LogP contribution in [0, 0.1) is 5.92 Å². The third-order valence-electron chi connectivity index (χ3n) is 2.71. The van der Waals surface area contributed by atoms with Crippen molar-refractivity contribution in [3.05, 3.63) is 29.8 Å². The van der Waals surface area contributed by atoms with Gasteiger partial charge < -0.3 is 11.1 Å². The van der Waals surface area contributed by atoms with Gasteiger partial charge in [0.05, 0.1) is 10.9 Å². The molecule has 19 heavy (non-hydrogen) atoms. The van der Waals surface area contributed by atoms with Gasteiger partial charge in [0.2, 0.25) is 15.9 Å². The van der Waals surface area contributed by atoms with Crippen LogP contribution in [0.5, 0.6) is 0 Å². The minimum atomic E-state index is -3.73. The molecule has 106 valence electrons. The van der Waals surface area contributed by atoms with Crippen LogP contribution in [0.25, 0.3) is 0 Å². The third kappa shape index (κ3) is 4.62. The van der Waals surface area contributed by atoms with Gasteiger partial charge in [0.15, 0.2) is 0 Å². The molecular weight excluding hydrogens is 266 g/mol. The number of hydrogen-bond acceptors (Lipinski definition) is 4. The first-order valence-electron chi connectivity index (χ1n) is 5.87. The van der Waals surface area contributed by atoms with Crippen LogP contribution in [0.15, 0.2) is 29.2 Å². The number of amides is 1. The second-order valence-electron chi connectivity index (χ2n) is 4.68. The first kappa shape index (κ1) is 15.6. The van der Waals surface area contributed by atoms with Crippen molar-refractivity contribution >= 4 is 15.9 Å². The van der Waals surface area contributed by atoms with E-state index in [1.807, 2.05) is 13.8 Å². The molecule has 0 aliphatic rings. The molecule has 0 heterocycles. The Hall–Kier alpha value is -1.44. The van der Waals surface area contributed by atoms with E-state index in [0.717, 1.165) is 0 Å². The summed E-state index contributed by atoms with van der Waals surface area (Å²) in [4.78, 5) is 11.7. The van der Waals surface area contributed by atoms with Crippen molar-refractivity contribution in [2.75, 3.05) is 0 Å². The molecule has 0 aliphatic carbocycles. The Morgan fingerprint density at radius 2 is 2.00 bits per heavy atom. The molecule has 0 saturated carbocycles. The van der Waals surface area contributed by atoms with Crippen LogP contribution in [-0.4, -0.2) is 20.4 Å². The van der Waals surface area contributed by atoms with Crippen LogP contribution >= 0.6 is 0 Å². The fourth-order valence-corrected chi connectivity index (χ4v) is 2.03. The third-order valence-corrected chi connectivity index (χ3v) is 3.63. The zero-order chi connectivity index (χ0) is 14.6. The predicted molar refractivity (Wildman–Crippen MR) is 72.5 cm³/mol. The topological polar surface area (TPSA) is 115 Å². The molecule has 0 radical (unpaired) electrons. The number of carbonyl (C=O) groups excluding carboxylic acids is 1. The van der Waals surface area contributed by atoms with Crippen molar-refractivity contribution in [3.8, 4) is 0 Å². The highest BCUT2D eigenvalue weighted by molar-refractivity contribution is 7.89. The molecule has 0 aliphatic heterocycles. The normalized spacial score (nSPS) is 13.3. The summed E-state index contributed by atoms with van der Waals surface area (Å²) < 4.78 is 22.4. The van der Waals surface area contributed by atoms with Crippen LogP contribution in [0.4, 0.5) is 0 Å². The highest BCUT2D eigenvalue weighted by Crippen LogP contribution is 2.09. The van der Waals surface area contributed by atoms with Gasteiger partial charge in [-0.15, -0.1) is 0 Å². The fraction of sp³-hybridized carbons (Fsp3) is 0.417. The van der Waals surface area contributed by atoms with E-state index in [1.165, 1.54) is 12.1 Å². The number of nitrogens with two attached hydrogens (primary N) is 2. The van der Waals surface area contributed by atoms with Crippen molar-refractivity contribution in [2.45, 2.75) is 31.3 Å². The molecule has 1 atom stereocenters. The van der Waals surface area contributed by atoms with Gasteiger partial charge in [-0.05, 0) is 23.6 Å². The summed E-state index contributed by atoms with van der Waals surface area (Å²) in [7, 11) is -3.73. The van der Waals surface area contributed by atoms with E-state index < -0.39 is 16.1 Å². The van der Waals surface area contributed by atoms with E-state index >= 15 is 0 Å². The minimum Gasteiger partial charge on any atom is -0.351 e. The first-order chi connectivity index (χ1) is 8.71. The Bertz CT molecular complexity index is 555. The molecule has 1 aromatic rings. The number of rotatable bonds is 5. The molecule has 0 spiro atoms. The lowest BCUT2D eigenvalue weighted by Crippen LogP contribution is -2.43. The van der Waals surface area contributed by atoms with E-state index in [4.69, 9.17) is 10.9 Å². The van der Waals surface area contributed by atoms with Crippen molar-refractivity contribution < 1.29 is 13.2 Å². The molecule has 6 nitrogen and oxygen atoms in total. The lowest BCUT2D eigenvalue weighted by Gasteiger charge is -2.15. The fourth-order valence-electron chi connectivity index (χ4n) is 1.44. The highest BCUT2D eigenvalue weighted by atomic mass is 32.2. The summed E-state index contributed by atoms with van der Waals surface area (Å²) in [5, 5.41) is 7.69. The Morgan fingerprint density at radius 3 is 2.53 bits per heavy atom. The lowest BCUT2D eigenvalue weighted by atomic mass is 10.0. The summed E-state index contributed by atoms with van der Waals surface area (Å²) in [5.41, 5.74) is 6.34. The van der Waals surface area contributed by atoms with Gasteiger partial charge in [-0.25, -0.2) is 13.6 Å². The Morgan fingerprint density at radius 1 is 1.37 bits per heavy atom. The van der Waals surface area contributed by atoms with Crippen molar-refractivity contribution in [1.82, 2.24) is 5.32 Å². The number of sulfonamides is 1. The van der Waals surface area contributed by atoms with Gasteiger partial charge in [0.25, 0.3) is 0 Å². The maximum atomic E-state index is 11.7. The lowest BCUT2D eigenvalue weighted by molar-refractivity contribution is -0.123. The molecule has 1 unspecified atom stereocenters. The largest absolute Gasteiger partial charge is 0.351 e. The Balaban J connectivity index is 2.72. The zero-order valence-electron chi connectivity index (χ0n) is 11.0. The quantitative estimate of drug-likeness (QED) is 0.702. The van der Waals surface area contributed by atoms with Crippen molar-refractivity contribution in [3.63, 3.8) is 0 Å². The first-order valence-corrected chi connectivity index (χ1v) is 7.41. The molecule has 1 rings (SSSR count). The number of benzene rings is 1. The standard InChI is InChI=1S/C12H19N3O3S/c1-8(2)11(13)12(16)15-7-9-4-3-5-10(6-9)19(14,17)18/h3-6,8,11H,7,13H2,1-2H3,(H,15,16)(H2,14,17,18). The molecular formula is C12H19N3O3S. The molecule has 1 amide bonds. The van der Waals surface area contributed by atoms with Gasteiger partial charge in [0, 0.05) is 6.54 Å². The van der Waals surface area contributed by atoms with Gasteiger partial charge in [-0.1, -0.05) is 26.0 Å². The molecule has 0 bridgehead atoms. The van der Waals surface area contributed by atoms with Gasteiger partial charge >= 0.3 is 0 Å².